The number of hydrogen-bond acceptors (Lipinski definition) is 5. The first-order chi connectivity index (χ1) is 10.2. The van der Waals surface area contributed by atoms with Crippen molar-refractivity contribution in [3.05, 3.63) is 41.8 Å². The van der Waals surface area contributed by atoms with Gasteiger partial charge in [0.25, 0.3) is 0 Å². The van der Waals surface area contributed by atoms with Gasteiger partial charge in [-0.25, -0.2) is 0 Å². The molecule has 5 nitrogen and oxygen atoms in total. The van der Waals surface area contributed by atoms with E-state index in [0.29, 0.717) is 19.0 Å². The molecule has 0 saturated heterocycles. The number of aromatic nitrogens is 1. The highest BCUT2D eigenvalue weighted by atomic mass is 16.5. The van der Waals surface area contributed by atoms with Crippen LogP contribution in [-0.4, -0.2) is 17.8 Å². The average molecular weight is 290 g/mol. The molecule has 114 valence electrons. The van der Waals surface area contributed by atoms with Crippen molar-refractivity contribution in [1.82, 2.24) is 5.16 Å². The summed E-state index contributed by atoms with van der Waals surface area (Å²) in [4.78, 5) is 0. The summed E-state index contributed by atoms with van der Waals surface area (Å²) < 4.78 is 16.6. The zero-order valence-corrected chi connectivity index (χ0v) is 12.5. The zero-order chi connectivity index (χ0) is 15.1. The highest BCUT2D eigenvalue weighted by molar-refractivity contribution is 5.47. The Morgan fingerprint density at radius 1 is 1.24 bits per heavy atom. The third-order valence-corrected chi connectivity index (χ3v) is 3.22. The SMILES string of the molecule is CCOc1cccc(CC(N)CC)c1OCc1ccno1. The van der Waals surface area contributed by atoms with Crippen LogP contribution in [0.25, 0.3) is 0 Å². The Hall–Kier alpha value is -2.01. The van der Waals surface area contributed by atoms with E-state index < -0.39 is 0 Å². The number of benzene rings is 1. The molecular weight excluding hydrogens is 268 g/mol. The standard InChI is InChI=1S/C16H22N2O3/c1-3-13(17)10-12-6-5-7-15(19-4-2)16(12)20-11-14-8-9-18-21-14/h5-9,13H,3-4,10-11,17H2,1-2H3. The van der Waals surface area contributed by atoms with Crippen LogP contribution in [0.2, 0.25) is 0 Å². The first-order valence-corrected chi connectivity index (χ1v) is 7.27. The maximum Gasteiger partial charge on any atom is 0.174 e. The number of nitrogens with zero attached hydrogens (tertiary/aromatic N) is 1. The van der Waals surface area contributed by atoms with Gasteiger partial charge in [0.1, 0.15) is 6.61 Å². The fourth-order valence-corrected chi connectivity index (χ4v) is 2.04. The molecule has 0 aliphatic rings. The van der Waals surface area contributed by atoms with Crippen LogP contribution in [0.4, 0.5) is 0 Å². The van der Waals surface area contributed by atoms with Crippen LogP contribution in [0.15, 0.2) is 35.0 Å². The van der Waals surface area contributed by atoms with Crippen LogP contribution in [-0.2, 0) is 13.0 Å². The summed E-state index contributed by atoms with van der Waals surface area (Å²) in [5, 5.41) is 3.67. The lowest BCUT2D eigenvalue weighted by molar-refractivity contribution is 0.231. The normalized spacial score (nSPS) is 12.1. The summed E-state index contributed by atoms with van der Waals surface area (Å²) in [6.07, 6.45) is 3.27. The van der Waals surface area contributed by atoms with Crippen molar-refractivity contribution in [3.8, 4) is 11.5 Å². The van der Waals surface area contributed by atoms with Gasteiger partial charge in [0.05, 0.1) is 12.8 Å². The third kappa shape index (κ3) is 4.23. The summed E-state index contributed by atoms with van der Waals surface area (Å²) in [5.41, 5.74) is 7.11. The second kappa shape index (κ2) is 7.69. The van der Waals surface area contributed by atoms with Crippen LogP contribution < -0.4 is 15.2 Å². The van der Waals surface area contributed by atoms with Gasteiger partial charge in [-0.2, -0.15) is 0 Å². The van der Waals surface area contributed by atoms with E-state index >= 15 is 0 Å². The zero-order valence-electron chi connectivity index (χ0n) is 12.5. The van der Waals surface area contributed by atoms with Crippen molar-refractivity contribution in [1.29, 1.82) is 0 Å². The van der Waals surface area contributed by atoms with Crippen molar-refractivity contribution in [2.24, 2.45) is 5.73 Å². The third-order valence-electron chi connectivity index (χ3n) is 3.22. The molecule has 0 amide bonds. The molecule has 2 aromatic rings. The summed E-state index contributed by atoms with van der Waals surface area (Å²) in [7, 11) is 0. The minimum Gasteiger partial charge on any atom is -0.490 e. The Morgan fingerprint density at radius 2 is 2.10 bits per heavy atom. The maximum absolute atomic E-state index is 6.06. The van der Waals surface area contributed by atoms with Gasteiger partial charge in [-0.1, -0.05) is 24.2 Å². The van der Waals surface area contributed by atoms with E-state index in [9.17, 15) is 0 Å². The number of nitrogens with two attached hydrogens (primary N) is 1. The highest BCUT2D eigenvalue weighted by Gasteiger charge is 2.14. The minimum absolute atomic E-state index is 0.106. The summed E-state index contributed by atoms with van der Waals surface area (Å²) >= 11 is 0. The summed E-state index contributed by atoms with van der Waals surface area (Å²) in [6.45, 7) is 4.93. The Labute approximate surface area is 125 Å². The Bertz CT molecular complexity index is 540. The van der Waals surface area contributed by atoms with E-state index in [4.69, 9.17) is 19.7 Å². The molecule has 1 aromatic carbocycles. The quantitative estimate of drug-likeness (QED) is 0.809. The van der Waals surface area contributed by atoms with Crippen LogP contribution in [0, 0.1) is 0 Å². The molecule has 1 aromatic heterocycles. The summed E-state index contributed by atoms with van der Waals surface area (Å²) in [6, 6.07) is 7.77. The highest BCUT2D eigenvalue weighted by Crippen LogP contribution is 2.33. The predicted molar refractivity (Wildman–Crippen MR) is 80.4 cm³/mol. The van der Waals surface area contributed by atoms with Crippen molar-refractivity contribution in [3.63, 3.8) is 0 Å². The lowest BCUT2D eigenvalue weighted by atomic mass is 10.0. The van der Waals surface area contributed by atoms with Crippen LogP contribution in [0.1, 0.15) is 31.6 Å². The van der Waals surface area contributed by atoms with Crippen molar-refractivity contribution in [2.75, 3.05) is 6.61 Å². The maximum atomic E-state index is 6.06. The van der Waals surface area contributed by atoms with E-state index in [1.54, 1.807) is 12.3 Å². The topological polar surface area (TPSA) is 70.5 Å². The molecule has 0 bridgehead atoms. The lowest BCUT2D eigenvalue weighted by Crippen LogP contribution is -2.21. The van der Waals surface area contributed by atoms with E-state index in [-0.39, 0.29) is 6.04 Å². The molecule has 0 saturated carbocycles. The molecule has 1 atom stereocenters. The molecule has 0 radical (unpaired) electrons. The molecule has 0 aliphatic carbocycles. The molecule has 0 fully saturated rings. The van der Waals surface area contributed by atoms with Gasteiger partial charge in [0.2, 0.25) is 0 Å². The Kier molecular flexibility index (Phi) is 5.63. The van der Waals surface area contributed by atoms with Crippen LogP contribution in [0.5, 0.6) is 11.5 Å². The predicted octanol–water partition coefficient (Wildman–Crippen LogP) is 2.93. The van der Waals surface area contributed by atoms with Gasteiger partial charge in [0, 0.05) is 12.1 Å². The smallest absolute Gasteiger partial charge is 0.174 e. The summed E-state index contributed by atoms with van der Waals surface area (Å²) in [5.74, 6) is 2.14. The van der Waals surface area contributed by atoms with E-state index in [1.165, 1.54) is 0 Å². The van der Waals surface area contributed by atoms with Crippen molar-refractivity contribution < 1.29 is 14.0 Å². The molecule has 21 heavy (non-hydrogen) atoms. The molecule has 0 aliphatic heterocycles. The molecule has 1 unspecified atom stereocenters. The van der Waals surface area contributed by atoms with Crippen molar-refractivity contribution in [2.45, 2.75) is 39.3 Å². The molecule has 1 heterocycles. The number of hydrogen-bond donors (Lipinski definition) is 1. The van der Waals surface area contributed by atoms with Gasteiger partial charge in [-0.05, 0) is 31.4 Å². The second-order valence-corrected chi connectivity index (χ2v) is 4.82. The molecular formula is C16H22N2O3. The largest absolute Gasteiger partial charge is 0.490 e. The van der Waals surface area contributed by atoms with Gasteiger partial charge in [-0.15, -0.1) is 0 Å². The van der Waals surface area contributed by atoms with Gasteiger partial charge in [-0.3, -0.25) is 0 Å². The molecule has 0 spiro atoms. The minimum atomic E-state index is 0.106. The van der Waals surface area contributed by atoms with Gasteiger partial charge in [0.15, 0.2) is 17.3 Å². The van der Waals surface area contributed by atoms with E-state index in [1.807, 2.05) is 25.1 Å². The Morgan fingerprint density at radius 3 is 2.76 bits per heavy atom. The molecule has 2 rings (SSSR count). The van der Waals surface area contributed by atoms with Gasteiger partial charge < -0.3 is 19.7 Å². The first-order valence-electron chi connectivity index (χ1n) is 7.27. The van der Waals surface area contributed by atoms with Gasteiger partial charge >= 0.3 is 0 Å². The van der Waals surface area contributed by atoms with Crippen LogP contribution in [0.3, 0.4) is 0 Å². The monoisotopic (exact) mass is 290 g/mol. The fourth-order valence-electron chi connectivity index (χ4n) is 2.04. The average Bonchev–Trinajstić information content (AvgIpc) is 3.00. The number of ether oxygens (including phenoxy) is 2. The van der Waals surface area contributed by atoms with Crippen molar-refractivity contribution >= 4 is 0 Å². The van der Waals surface area contributed by atoms with E-state index in [2.05, 4.69) is 12.1 Å². The molecule has 5 heteroatoms. The lowest BCUT2D eigenvalue weighted by Gasteiger charge is -2.17. The van der Waals surface area contributed by atoms with Crippen LogP contribution >= 0.6 is 0 Å². The fraction of sp³-hybridized carbons (Fsp3) is 0.438. The second-order valence-electron chi connectivity index (χ2n) is 4.82. The van der Waals surface area contributed by atoms with E-state index in [0.717, 1.165) is 29.9 Å². The Balaban J connectivity index is 2.20. The molecule has 2 N–H and O–H groups in total. The number of rotatable bonds is 8. The first kappa shape index (κ1) is 15.4. The number of para-hydroxylation sites is 1.